The topological polar surface area (TPSA) is 88.9 Å². The molecule has 1 atom stereocenters. The first kappa shape index (κ1) is 23.8. The molecule has 0 fully saturated rings. The highest BCUT2D eigenvalue weighted by molar-refractivity contribution is 7.98. The smallest absolute Gasteiger partial charge is 0.341 e. The molecule has 1 aromatic carbocycles. The van der Waals surface area contributed by atoms with Gasteiger partial charge < -0.3 is 19.4 Å². The summed E-state index contributed by atoms with van der Waals surface area (Å²) in [5.74, 6) is 0.391. The normalized spacial score (nSPS) is 11.6. The molecule has 1 aromatic heterocycles. The molecule has 1 unspecified atom stereocenters. The largest absolute Gasteiger partial charge is 0.465 e. The first-order valence-electron chi connectivity index (χ1n) is 9.25. The lowest BCUT2D eigenvalue weighted by molar-refractivity contribution is -0.132. The highest BCUT2D eigenvalue weighted by Crippen LogP contribution is 2.18. The number of hydrogen-bond acceptors (Lipinski definition) is 6. The molecule has 9 heteroatoms. The van der Waals surface area contributed by atoms with E-state index in [9.17, 15) is 14.4 Å². The summed E-state index contributed by atoms with van der Waals surface area (Å²) >= 11 is 7.68. The summed E-state index contributed by atoms with van der Waals surface area (Å²) in [6.45, 7) is 1.80. The molecule has 0 radical (unpaired) electrons. The quantitative estimate of drug-likeness (QED) is 0.585. The van der Waals surface area contributed by atoms with Gasteiger partial charge >= 0.3 is 5.97 Å². The van der Waals surface area contributed by atoms with Crippen molar-refractivity contribution in [3.05, 3.63) is 58.0 Å². The Kier molecular flexibility index (Phi) is 8.80. The van der Waals surface area contributed by atoms with Crippen molar-refractivity contribution in [3.8, 4) is 0 Å². The Labute approximate surface area is 185 Å². The zero-order valence-corrected chi connectivity index (χ0v) is 18.9. The molecule has 2 aromatic rings. The number of furan rings is 1. The number of carbonyl (C=O) groups is 3. The molecule has 30 heavy (non-hydrogen) atoms. The highest BCUT2D eigenvalue weighted by atomic mass is 35.5. The molecule has 0 bridgehead atoms. The van der Waals surface area contributed by atoms with Gasteiger partial charge in [-0.3, -0.25) is 9.59 Å². The minimum absolute atomic E-state index is 0.147. The molecule has 0 saturated carbocycles. The first-order chi connectivity index (χ1) is 14.3. The van der Waals surface area contributed by atoms with E-state index < -0.39 is 17.9 Å². The van der Waals surface area contributed by atoms with Crippen LogP contribution in [0.3, 0.4) is 0 Å². The monoisotopic (exact) mass is 452 g/mol. The van der Waals surface area contributed by atoms with Crippen LogP contribution in [0.2, 0.25) is 5.02 Å². The number of esters is 1. The van der Waals surface area contributed by atoms with Crippen LogP contribution >= 0.6 is 23.4 Å². The molecule has 0 aliphatic carbocycles. The van der Waals surface area contributed by atoms with Crippen LogP contribution in [0, 0.1) is 6.92 Å². The highest BCUT2D eigenvalue weighted by Gasteiger charge is 2.26. The number of thioether (sulfide) groups is 1. The van der Waals surface area contributed by atoms with Crippen LogP contribution in [0.15, 0.2) is 34.7 Å². The van der Waals surface area contributed by atoms with E-state index in [2.05, 4.69) is 5.32 Å². The second-order valence-corrected chi connectivity index (χ2v) is 8.05. The lowest BCUT2D eigenvalue weighted by Crippen LogP contribution is -2.47. The predicted molar refractivity (Wildman–Crippen MR) is 117 cm³/mol. The van der Waals surface area contributed by atoms with Gasteiger partial charge in [0.05, 0.1) is 24.2 Å². The molecule has 0 aliphatic rings. The molecule has 1 N–H and O–H groups in total. The Hall–Kier alpha value is -2.45. The van der Waals surface area contributed by atoms with Gasteiger partial charge in [0.1, 0.15) is 23.1 Å². The van der Waals surface area contributed by atoms with Gasteiger partial charge in [-0.15, -0.1) is 0 Å². The number of halogens is 1. The molecular weight excluding hydrogens is 428 g/mol. The molecule has 162 valence electrons. The molecule has 2 amide bonds. The summed E-state index contributed by atoms with van der Waals surface area (Å²) < 4.78 is 10.3. The number of likely N-dealkylation sites (N-methyl/N-ethyl adjacent to an activating group) is 1. The average Bonchev–Trinajstić information content (AvgIpc) is 3.09. The maximum Gasteiger partial charge on any atom is 0.341 e. The number of benzene rings is 1. The van der Waals surface area contributed by atoms with Crippen LogP contribution in [-0.4, -0.2) is 54.9 Å². The number of aryl methyl sites for hydroxylation is 1. The average molecular weight is 453 g/mol. The van der Waals surface area contributed by atoms with E-state index in [1.165, 1.54) is 12.0 Å². The Balaban J connectivity index is 2.12. The van der Waals surface area contributed by atoms with Crippen molar-refractivity contribution in [3.63, 3.8) is 0 Å². The van der Waals surface area contributed by atoms with E-state index in [0.717, 1.165) is 0 Å². The van der Waals surface area contributed by atoms with Crippen molar-refractivity contribution in [2.45, 2.75) is 25.9 Å². The number of nitrogens with zero attached hydrogens (tertiary/aromatic N) is 1. The molecular formula is C21H25ClN2O5S. The fourth-order valence-corrected chi connectivity index (χ4v) is 3.58. The van der Waals surface area contributed by atoms with Crippen molar-refractivity contribution in [2.75, 3.05) is 26.2 Å². The number of ether oxygens (including phenoxy) is 1. The minimum atomic E-state index is -0.720. The Morgan fingerprint density at radius 1 is 1.27 bits per heavy atom. The molecule has 2 rings (SSSR count). The maximum atomic E-state index is 13.0. The molecule has 7 nitrogen and oxygen atoms in total. The third kappa shape index (κ3) is 6.03. The number of hydrogen-bond donors (Lipinski definition) is 1. The van der Waals surface area contributed by atoms with Gasteiger partial charge in [-0.2, -0.15) is 11.8 Å². The van der Waals surface area contributed by atoms with Crippen molar-refractivity contribution in [2.24, 2.45) is 0 Å². The third-order valence-corrected chi connectivity index (χ3v) is 5.45. The second-order valence-electron chi connectivity index (χ2n) is 6.66. The molecule has 0 saturated heterocycles. The van der Waals surface area contributed by atoms with Crippen molar-refractivity contribution in [1.29, 1.82) is 0 Å². The summed E-state index contributed by atoms with van der Waals surface area (Å²) in [5.41, 5.74) is 0.632. The summed E-state index contributed by atoms with van der Waals surface area (Å²) in [5, 5.41) is 3.11. The van der Waals surface area contributed by atoms with E-state index in [1.807, 2.05) is 6.26 Å². The van der Waals surface area contributed by atoms with Crippen molar-refractivity contribution in [1.82, 2.24) is 10.2 Å². The van der Waals surface area contributed by atoms with Gasteiger partial charge in [-0.05, 0) is 43.6 Å². The van der Waals surface area contributed by atoms with Crippen LogP contribution in [0.1, 0.15) is 38.7 Å². The van der Waals surface area contributed by atoms with Crippen LogP contribution in [0.5, 0.6) is 0 Å². The lowest BCUT2D eigenvalue weighted by Gasteiger charge is -2.24. The minimum Gasteiger partial charge on any atom is -0.465 e. The third-order valence-electron chi connectivity index (χ3n) is 4.48. The summed E-state index contributed by atoms with van der Waals surface area (Å²) in [6.07, 6.45) is 2.40. The Morgan fingerprint density at radius 3 is 2.60 bits per heavy atom. The van der Waals surface area contributed by atoms with Crippen molar-refractivity contribution >= 4 is 41.1 Å². The zero-order chi connectivity index (χ0) is 22.3. The molecule has 0 aliphatic heterocycles. The SMILES string of the molecule is COC(=O)c1cc(CN(C)C(=O)C(CCSC)NC(=O)c2ccccc2Cl)oc1C. The number of methoxy groups -OCH3 is 1. The van der Waals surface area contributed by atoms with E-state index in [4.69, 9.17) is 20.8 Å². The second kappa shape index (κ2) is 11.1. The first-order valence-corrected chi connectivity index (χ1v) is 11.0. The van der Waals surface area contributed by atoms with Crippen LogP contribution in [-0.2, 0) is 16.1 Å². The van der Waals surface area contributed by atoms with Crippen molar-refractivity contribution < 1.29 is 23.5 Å². The molecule has 0 spiro atoms. The van der Waals surface area contributed by atoms with E-state index in [-0.39, 0.29) is 12.5 Å². The number of carbonyl (C=O) groups excluding carboxylic acids is 3. The van der Waals surface area contributed by atoms with E-state index in [0.29, 0.717) is 39.8 Å². The van der Waals surface area contributed by atoms with Gasteiger partial charge in [0, 0.05) is 7.05 Å². The van der Waals surface area contributed by atoms with E-state index >= 15 is 0 Å². The summed E-state index contributed by atoms with van der Waals surface area (Å²) in [4.78, 5) is 38.9. The summed E-state index contributed by atoms with van der Waals surface area (Å²) in [6, 6.07) is 7.52. The predicted octanol–water partition coefficient (Wildman–Crippen LogP) is 3.54. The zero-order valence-electron chi connectivity index (χ0n) is 17.4. The number of amides is 2. The summed E-state index contributed by atoms with van der Waals surface area (Å²) in [7, 11) is 2.91. The van der Waals surface area contributed by atoms with Crippen LogP contribution in [0.25, 0.3) is 0 Å². The van der Waals surface area contributed by atoms with E-state index in [1.54, 1.807) is 56.1 Å². The Bertz CT molecular complexity index is 915. The fourth-order valence-electron chi connectivity index (χ4n) is 2.89. The lowest BCUT2D eigenvalue weighted by atomic mass is 10.1. The van der Waals surface area contributed by atoms with Crippen LogP contribution in [0.4, 0.5) is 0 Å². The Morgan fingerprint density at radius 2 is 1.97 bits per heavy atom. The number of nitrogens with one attached hydrogen (secondary N) is 1. The van der Waals surface area contributed by atoms with Gasteiger partial charge in [0.2, 0.25) is 5.91 Å². The van der Waals surface area contributed by atoms with Gasteiger partial charge in [-0.1, -0.05) is 23.7 Å². The van der Waals surface area contributed by atoms with Gasteiger partial charge in [-0.25, -0.2) is 4.79 Å². The van der Waals surface area contributed by atoms with Gasteiger partial charge in [0.25, 0.3) is 5.91 Å². The van der Waals surface area contributed by atoms with Crippen LogP contribution < -0.4 is 5.32 Å². The maximum absolute atomic E-state index is 13.0. The standard InChI is InChI=1S/C21H25ClN2O5S/c1-13-16(21(27)28-3)11-14(29-13)12-24(2)20(26)18(9-10-30-4)23-19(25)15-7-5-6-8-17(15)22/h5-8,11,18H,9-10,12H2,1-4H3,(H,23,25). The molecule has 1 heterocycles. The fraction of sp³-hybridized carbons (Fsp3) is 0.381. The number of rotatable bonds is 9. The van der Waals surface area contributed by atoms with Gasteiger partial charge in [0.15, 0.2) is 0 Å².